The highest BCUT2D eigenvalue weighted by atomic mass is 35.5. The highest BCUT2D eigenvalue weighted by Crippen LogP contribution is 2.16. The Labute approximate surface area is 113 Å². The number of aryl methyl sites for hydroxylation is 1. The van der Waals surface area contributed by atoms with Crippen molar-refractivity contribution in [1.82, 2.24) is 9.78 Å². The maximum atomic E-state index is 5.88. The van der Waals surface area contributed by atoms with Gasteiger partial charge < -0.3 is 5.73 Å². The van der Waals surface area contributed by atoms with Crippen LogP contribution in [0.4, 0.5) is 0 Å². The third-order valence-corrected chi connectivity index (χ3v) is 3.31. The molecule has 96 valence electrons. The maximum Gasteiger partial charge on any atom is 0.0521 e. The summed E-state index contributed by atoms with van der Waals surface area (Å²) in [5.74, 6) is 0.440. The molecule has 1 unspecified atom stereocenters. The second kappa shape index (κ2) is 6.03. The summed E-state index contributed by atoms with van der Waals surface area (Å²) in [4.78, 5) is 0. The smallest absolute Gasteiger partial charge is 0.0521 e. The maximum absolute atomic E-state index is 5.88. The number of benzene rings is 1. The van der Waals surface area contributed by atoms with Gasteiger partial charge in [-0.3, -0.25) is 4.68 Å². The fraction of sp³-hybridized carbons (Fsp3) is 0.357. The van der Waals surface area contributed by atoms with E-state index in [2.05, 4.69) is 17.2 Å². The third-order valence-electron chi connectivity index (χ3n) is 3.05. The molecule has 0 spiro atoms. The molecule has 1 aromatic heterocycles. The van der Waals surface area contributed by atoms with Crippen molar-refractivity contribution in [3.05, 3.63) is 52.8 Å². The Kier molecular flexibility index (Phi) is 4.39. The molecule has 3 nitrogen and oxygen atoms in total. The summed E-state index contributed by atoms with van der Waals surface area (Å²) in [5, 5.41) is 4.95. The fourth-order valence-electron chi connectivity index (χ4n) is 2.10. The van der Waals surface area contributed by atoms with Crippen LogP contribution in [-0.2, 0) is 19.9 Å². The molecule has 0 aliphatic carbocycles. The second-order valence-corrected chi connectivity index (χ2v) is 5.10. The van der Waals surface area contributed by atoms with Crippen molar-refractivity contribution in [1.29, 1.82) is 0 Å². The van der Waals surface area contributed by atoms with E-state index < -0.39 is 0 Å². The molecule has 0 radical (unpaired) electrons. The van der Waals surface area contributed by atoms with Crippen LogP contribution >= 0.6 is 11.6 Å². The number of nitrogens with two attached hydrogens (primary N) is 1. The molecule has 1 atom stereocenters. The van der Waals surface area contributed by atoms with Gasteiger partial charge in [0, 0.05) is 18.3 Å². The number of aromatic nitrogens is 2. The second-order valence-electron chi connectivity index (χ2n) is 4.66. The first-order valence-corrected chi connectivity index (χ1v) is 6.47. The van der Waals surface area contributed by atoms with Crippen molar-refractivity contribution < 1.29 is 0 Å². The van der Waals surface area contributed by atoms with E-state index in [1.165, 1.54) is 11.1 Å². The van der Waals surface area contributed by atoms with E-state index in [0.717, 1.165) is 17.9 Å². The zero-order valence-corrected chi connectivity index (χ0v) is 11.3. The van der Waals surface area contributed by atoms with Crippen LogP contribution in [0.3, 0.4) is 0 Å². The molecular weight excluding hydrogens is 246 g/mol. The topological polar surface area (TPSA) is 43.8 Å². The monoisotopic (exact) mass is 263 g/mol. The lowest BCUT2D eigenvalue weighted by Gasteiger charge is -2.13. The average molecular weight is 264 g/mol. The Morgan fingerprint density at radius 1 is 1.22 bits per heavy atom. The Hall–Kier alpha value is -1.32. The van der Waals surface area contributed by atoms with Gasteiger partial charge in [-0.05, 0) is 48.6 Å². The van der Waals surface area contributed by atoms with Gasteiger partial charge in [-0.15, -0.1) is 0 Å². The highest BCUT2D eigenvalue weighted by molar-refractivity contribution is 6.30. The van der Waals surface area contributed by atoms with E-state index in [-0.39, 0.29) is 0 Å². The Morgan fingerprint density at radius 2 is 1.89 bits per heavy atom. The van der Waals surface area contributed by atoms with Crippen LogP contribution in [-0.4, -0.2) is 16.3 Å². The molecule has 2 N–H and O–H groups in total. The first kappa shape index (κ1) is 13.1. The summed E-state index contributed by atoms with van der Waals surface area (Å²) in [6, 6.07) is 7.98. The third kappa shape index (κ3) is 3.59. The van der Waals surface area contributed by atoms with Crippen LogP contribution < -0.4 is 5.73 Å². The van der Waals surface area contributed by atoms with Gasteiger partial charge in [-0.2, -0.15) is 5.10 Å². The zero-order valence-electron chi connectivity index (χ0n) is 10.5. The lowest BCUT2D eigenvalue weighted by Crippen LogP contribution is -2.19. The van der Waals surface area contributed by atoms with Crippen molar-refractivity contribution in [2.45, 2.75) is 12.8 Å². The van der Waals surface area contributed by atoms with Gasteiger partial charge in [-0.1, -0.05) is 23.7 Å². The molecule has 0 saturated carbocycles. The summed E-state index contributed by atoms with van der Waals surface area (Å²) in [6.45, 7) is 0.678. The normalized spacial score (nSPS) is 12.6. The van der Waals surface area contributed by atoms with Crippen molar-refractivity contribution in [2.75, 3.05) is 6.54 Å². The van der Waals surface area contributed by atoms with E-state index in [1.54, 1.807) is 0 Å². The minimum Gasteiger partial charge on any atom is -0.330 e. The molecule has 1 aromatic carbocycles. The Balaban J connectivity index is 1.99. The highest BCUT2D eigenvalue weighted by Gasteiger charge is 2.10. The Morgan fingerprint density at radius 3 is 2.44 bits per heavy atom. The van der Waals surface area contributed by atoms with E-state index >= 15 is 0 Å². The van der Waals surface area contributed by atoms with Gasteiger partial charge in [0.2, 0.25) is 0 Å². The molecule has 0 amide bonds. The van der Waals surface area contributed by atoms with Crippen molar-refractivity contribution in [2.24, 2.45) is 18.7 Å². The number of nitrogens with zero attached hydrogens (tertiary/aromatic N) is 2. The minimum atomic E-state index is 0.440. The minimum absolute atomic E-state index is 0.440. The van der Waals surface area contributed by atoms with E-state index in [1.807, 2.05) is 36.3 Å². The molecule has 4 heteroatoms. The quantitative estimate of drug-likeness (QED) is 0.901. The fourth-order valence-corrected chi connectivity index (χ4v) is 2.23. The van der Waals surface area contributed by atoms with Gasteiger partial charge in [0.1, 0.15) is 0 Å². The molecule has 0 aliphatic rings. The van der Waals surface area contributed by atoms with Gasteiger partial charge in [0.05, 0.1) is 6.20 Å². The standard InChI is InChI=1S/C14H18ClN3/c1-18-10-13(9-17-18)7-12(8-16)6-11-2-4-14(15)5-3-11/h2-5,9-10,12H,6-8,16H2,1H3. The number of halogens is 1. The molecule has 2 rings (SSSR count). The first-order valence-electron chi connectivity index (χ1n) is 6.09. The molecular formula is C14H18ClN3. The molecule has 0 aliphatic heterocycles. The van der Waals surface area contributed by atoms with E-state index in [0.29, 0.717) is 12.5 Å². The zero-order chi connectivity index (χ0) is 13.0. The summed E-state index contributed by atoms with van der Waals surface area (Å²) >= 11 is 5.88. The average Bonchev–Trinajstić information content (AvgIpc) is 2.77. The van der Waals surface area contributed by atoms with Crippen LogP contribution in [0.1, 0.15) is 11.1 Å². The van der Waals surface area contributed by atoms with Crippen LogP contribution in [0.15, 0.2) is 36.7 Å². The van der Waals surface area contributed by atoms with Crippen LogP contribution in [0.25, 0.3) is 0 Å². The largest absolute Gasteiger partial charge is 0.330 e. The molecule has 18 heavy (non-hydrogen) atoms. The van der Waals surface area contributed by atoms with Gasteiger partial charge in [0.25, 0.3) is 0 Å². The van der Waals surface area contributed by atoms with Crippen molar-refractivity contribution in [3.63, 3.8) is 0 Å². The lowest BCUT2D eigenvalue weighted by atomic mass is 9.94. The SMILES string of the molecule is Cn1cc(CC(CN)Cc2ccc(Cl)cc2)cn1. The van der Waals surface area contributed by atoms with Crippen molar-refractivity contribution >= 4 is 11.6 Å². The Bertz CT molecular complexity index is 490. The summed E-state index contributed by atoms with van der Waals surface area (Å²) in [7, 11) is 1.93. The molecule has 0 saturated heterocycles. The predicted molar refractivity (Wildman–Crippen MR) is 74.6 cm³/mol. The number of hydrogen-bond acceptors (Lipinski definition) is 2. The summed E-state index contributed by atoms with van der Waals surface area (Å²) < 4.78 is 1.82. The predicted octanol–water partition coefficient (Wildman–Crippen LogP) is 2.43. The van der Waals surface area contributed by atoms with Crippen molar-refractivity contribution in [3.8, 4) is 0 Å². The van der Waals surface area contributed by atoms with Crippen LogP contribution in [0.2, 0.25) is 5.02 Å². The van der Waals surface area contributed by atoms with E-state index in [4.69, 9.17) is 17.3 Å². The van der Waals surface area contributed by atoms with Gasteiger partial charge >= 0.3 is 0 Å². The summed E-state index contributed by atoms with van der Waals surface area (Å²) in [5.41, 5.74) is 8.37. The number of hydrogen-bond donors (Lipinski definition) is 1. The van der Waals surface area contributed by atoms with Crippen LogP contribution in [0, 0.1) is 5.92 Å². The molecule has 0 bridgehead atoms. The van der Waals surface area contributed by atoms with Crippen LogP contribution in [0.5, 0.6) is 0 Å². The molecule has 2 aromatic rings. The lowest BCUT2D eigenvalue weighted by molar-refractivity contribution is 0.533. The first-order chi connectivity index (χ1) is 8.67. The van der Waals surface area contributed by atoms with E-state index in [9.17, 15) is 0 Å². The number of rotatable bonds is 5. The summed E-state index contributed by atoms with van der Waals surface area (Å²) in [6.07, 6.45) is 5.89. The van der Waals surface area contributed by atoms with Gasteiger partial charge in [0.15, 0.2) is 0 Å². The molecule has 0 fully saturated rings. The molecule has 1 heterocycles. The van der Waals surface area contributed by atoms with Gasteiger partial charge in [-0.25, -0.2) is 0 Å².